The molecule has 0 heterocycles. The summed E-state index contributed by atoms with van der Waals surface area (Å²) in [7, 11) is 0. The molecule has 0 aliphatic carbocycles. The number of ether oxygens (including phenoxy) is 1. The third kappa shape index (κ3) is 20.3. The van der Waals surface area contributed by atoms with Crippen molar-refractivity contribution in [3.8, 4) is 0 Å². The molecule has 172 valence electrons. The first-order chi connectivity index (χ1) is 14.3. The summed E-state index contributed by atoms with van der Waals surface area (Å²) in [6.07, 6.45) is 27.2. The zero-order chi connectivity index (χ0) is 21.4. The predicted octanol–water partition coefficient (Wildman–Crippen LogP) is 9.32. The van der Waals surface area contributed by atoms with E-state index in [1.54, 1.807) is 0 Å². The number of hydrogen-bond acceptors (Lipinski definition) is 2. The molecule has 0 spiro atoms. The molecule has 0 aliphatic rings. The molecule has 0 unspecified atom stereocenters. The van der Waals surface area contributed by atoms with Gasteiger partial charge in [-0.1, -0.05) is 123 Å². The van der Waals surface area contributed by atoms with E-state index in [0.29, 0.717) is 6.61 Å². The quantitative estimate of drug-likeness (QED) is 0.101. The van der Waals surface area contributed by atoms with E-state index in [-0.39, 0.29) is 5.97 Å². The Kier molecular flexibility index (Phi) is 22.8. The minimum atomic E-state index is -0.0564. The second kappa shape index (κ2) is 23.5. The van der Waals surface area contributed by atoms with Crippen LogP contribution in [-0.2, 0) is 9.53 Å². The minimum absolute atomic E-state index is 0.0564. The van der Waals surface area contributed by atoms with E-state index in [0.717, 1.165) is 37.7 Å². The van der Waals surface area contributed by atoms with Gasteiger partial charge in [-0.2, -0.15) is 0 Å². The summed E-state index contributed by atoms with van der Waals surface area (Å²) in [5.74, 6) is -0.0564. The number of esters is 1. The van der Waals surface area contributed by atoms with Crippen molar-refractivity contribution in [1.29, 1.82) is 0 Å². The predicted molar refractivity (Wildman–Crippen MR) is 128 cm³/mol. The lowest BCUT2D eigenvalue weighted by Crippen LogP contribution is -2.09. The van der Waals surface area contributed by atoms with Crippen LogP contribution < -0.4 is 0 Å². The van der Waals surface area contributed by atoms with Gasteiger partial charge in [0.15, 0.2) is 0 Å². The van der Waals surface area contributed by atoms with Crippen LogP contribution >= 0.6 is 0 Å². The Balaban J connectivity index is 3.85. The van der Waals surface area contributed by atoms with Crippen LogP contribution in [-0.4, -0.2) is 12.6 Å². The van der Waals surface area contributed by atoms with Crippen molar-refractivity contribution >= 4 is 5.97 Å². The van der Waals surface area contributed by atoms with Gasteiger partial charge in [-0.25, -0.2) is 4.79 Å². The number of carbonyl (C=O) groups is 1. The van der Waals surface area contributed by atoms with Gasteiger partial charge in [0.25, 0.3) is 0 Å². The number of allylic oxidation sites excluding steroid dienone is 1. The van der Waals surface area contributed by atoms with Crippen LogP contribution in [0.25, 0.3) is 0 Å². The van der Waals surface area contributed by atoms with Crippen molar-refractivity contribution in [1.82, 2.24) is 0 Å². The van der Waals surface area contributed by atoms with E-state index in [9.17, 15) is 4.79 Å². The summed E-state index contributed by atoms with van der Waals surface area (Å²) < 4.78 is 5.55. The molecule has 0 bridgehead atoms. The van der Waals surface area contributed by atoms with Crippen molar-refractivity contribution < 1.29 is 9.53 Å². The summed E-state index contributed by atoms with van der Waals surface area (Å²) in [5.41, 5.74) is 0.925. The summed E-state index contributed by atoms with van der Waals surface area (Å²) >= 11 is 0. The number of unbranched alkanes of at least 4 members (excludes halogenated alkanes) is 16. The highest BCUT2D eigenvalue weighted by Gasteiger charge is 2.10. The van der Waals surface area contributed by atoms with Crippen LogP contribution in [0.2, 0.25) is 0 Å². The first-order valence-corrected chi connectivity index (χ1v) is 13.1. The Labute approximate surface area is 183 Å². The molecule has 0 saturated carbocycles. The third-order valence-electron chi connectivity index (χ3n) is 5.74. The summed E-state index contributed by atoms with van der Waals surface area (Å²) in [6.45, 7) is 7.28. The molecule has 0 N–H and O–H groups in total. The Morgan fingerprint density at radius 1 is 0.586 bits per heavy atom. The van der Waals surface area contributed by atoms with E-state index in [4.69, 9.17) is 4.74 Å². The molecule has 2 heteroatoms. The highest BCUT2D eigenvalue weighted by molar-refractivity contribution is 5.88. The van der Waals surface area contributed by atoms with Crippen LogP contribution in [0.15, 0.2) is 11.6 Å². The monoisotopic (exact) mass is 408 g/mol. The van der Waals surface area contributed by atoms with Crippen LogP contribution in [0, 0.1) is 0 Å². The van der Waals surface area contributed by atoms with Crippen LogP contribution in [0.4, 0.5) is 0 Å². The number of rotatable bonds is 22. The fourth-order valence-electron chi connectivity index (χ4n) is 3.70. The van der Waals surface area contributed by atoms with Crippen molar-refractivity contribution in [3.63, 3.8) is 0 Å². The van der Waals surface area contributed by atoms with E-state index in [1.165, 1.54) is 96.3 Å². The lowest BCUT2D eigenvalue weighted by molar-refractivity contribution is -0.139. The lowest BCUT2D eigenvalue weighted by Gasteiger charge is -2.09. The van der Waals surface area contributed by atoms with Gasteiger partial charge in [-0.15, -0.1) is 0 Å². The van der Waals surface area contributed by atoms with Crippen molar-refractivity contribution in [3.05, 3.63) is 11.6 Å². The fraction of sp³-hybridized carbons (Fsp3) is 0.889. The molecule has 0 aromatic heterocycles. The van der Waals surface area contributed by atoms with Gasteiger partial charge < -0.3 is 4.74 Å². The van der Waals surface area contributed by atoms with E-state index in [1.807, 2.05) is 0 Å². The molecule has 0 atom stereocenters. The molecule has 0 amide bonds. The van der Waals surface area contributed by atoms with Crippen LogP contribution in [0.5, 0.6) is 0 Å². The van der Waals surface area contributed by atoms with E-state index < -0.39 is 0 Å². The topological polar surface area (TPSA) is 26.3 Å². The molecule has 0 aromatic carbocycles. The van der Waals surface area contributed by atoms with Crippen LogP contribution in [0.3, 0.4) is 0 Å². The third-order valence-corrected chi connectivity index (χ3v) is 5.74. The molecule has 0 saturated heterocycles. The minimum Gasteiger partial charge on any atom is -0.462 e. The van der Waals surface area contributed by atoms with Gasteiger partial charge in [0.05, 0.1) is 6.61 Å². The van der Waals surface area contributed by atoms with Crippen molar-refractivity contribution in [2.24, 2.45) is 0 Å². The second-order valence-corrected chi connectivity index (χ2v) is 8.71. The molecule has 0 aliphatic heterocycles. The van der Waals surface area contributed by atoms with Gasteiger partial charge in [0.1, 0.15) is 0 Å². The molecular formula is C27H52O2. The van der Waals surface area contributed by atoms with Gasteiger partial charge in [0, 0.05) is 5.57 Å². The molecule has 0 fully saturated rings. The average Bonchev–Trinajstić information content (AvgIpc) is 2.73. The lowest BCUT2D eigenvalue weighted by atomic mass is 10.0. The van der Waals surface area contributed by atoms with Crippen molar-refractivity contribution in [2.45, 2.75) is 149 Å². The zero-order valence-corrected chi connectivity index (χ0v) is 20.2. The number of carbonyl (C=O) groups excluding carboxylic acids is 1. The first kappa shape index (κ1) is 28.2. The molecule has 0 rings (SSSR count). The summed E-state index contributed by atoms with van der Waals surface area (Å²) in [5, 5.41) is 0. The van der Waals surface area contributed by atoms with Crippen LogP contribution in [0.1, 0.15) is 149 Å². The highest BCUT2D eigenvalue weighted by Crippen LogP contribution is 2.15. The largest absolute Gasteiger partial charge is 0.462 e. The molecule has 29 heavy (non-hydrogen) atoms. The molecular weight excluding hydrogens is 356 g/mol. The average molecular weight is 409 g/mol. The zero-order valence-electron chi connectivity index (χ0n) is 20.2. The summed E-state index contributed by atoms with van der Waals surface area (Å²) in [6, 6.07) is 0. The maximum Gasteiger partial charge on any atom is 0.333 e. The first-order valence-electron chi connectivity index (χ1n) is 13.1. The fourth-order valence-corrected chi connectivity index (χ4v) is 3.70. The SMILES string of the molecule is CCCCCCCCCCCCC=C(CCCC)C(=O)OCCCCCCCC. The number of hydrogen-bond donors (Lipinski definition) is 0. The van der Waals surface area contributed by atoms with Gasteiger partial charge in [-0.05, 0) is 32.1 Å². The van der Waals surface area contributed by atoms with Gasteiger partial charge >= 0.3 is 5.97 Å². The maximum absolute atomic E-state index is 12.4. The maximum atomic E-state index is 12.4. The van der Waals surface area contributed by atoms with Gasteiger partial charge in [-0.3, -0.25) is 0 Å². The Hall–Kier alpha value is -0.790. The molecule has 0 aromatic rings. The molecule has 2 nitrogen and oxygen atoms in total. The Bertz CT molecular complexity index is 373. The molecule has 0 radical (unpaired) electrons. The van der Waals surface area contributed by atoms with E-state index >= 15 is 0 Å². The Morgan fingerprint density at radius 2 is 1.03 bits per heavy atom. The standard InChI is InChI=1S/C27H52O2/c1-4-7-10-12-14-15-16-17-18-19-21-24-26(23-9-6-3)27(28)29-25-22-20-13-11-8-5-2/h24H,4-23,25H2,1-3H3. The summed E-state index contributed by atoms with van der Waals surface area (Å²) in [4.78, 5) is 12.4. The normalized spacial score (nSPS) is 11.8. The Morgan fingerprint density at radius 3 is 1.55 bits per heavy atom. The van der Waals surface area contributed by atoms with Gasteiger partial charge in [0.2, 0.25) is 0 Å². The van der Waals surface area contributed by atoms with E-state index in [2.05, 4.69) is 26.8 Å². The smallest absolute Gasteiger partial charge is 0.333 e. The second-order valence-electron chi connectivity index (χ2n) is 8.71. The van der Waals surface area contributed by atoms with Crippen molar-refractivity contribution in [2.75, 3.05) is 6.61 Å². The highest BCUT2D eigenvalue weighted by atomic mass is 16.5.